The van der Waals surface area contributed by atoms with Gasteiger partial charge in [0.05, 0.1) is 12.7 Å². The van der Waals surface area contributed by atoms with Gasteiger partial charge in [-0.3, -0.25) is 4.99 Å². The van der Waals surface area contributed by atoms with E-state index in [0.717, 1.165) is 18.1 Å². The van der Waals surface area contributed by atoms with Crippen LogP contribution in [0.1, 0.15) is 50.3 Å². The molecule has 0 spiro atoms. The summed E-state index contributed by atoms with van der Waals surface area (Å²) in [6, 6.07) is 11.0. The molecule has 1 fully saturated rings. The monoisotopic (exact) mass is 454 g/mol. The van der Waals surface area contributed by atoms with Crippen LogP contribution in [0.4, 0.5) is 0 Å². The topological polar surface area (TPSA) is 62.5 Å². The van der Waals surface area contributed by atoms with Gasteiger partial charge in [0.1, 0.15) is 5.76 Å². The van der Waals surface area contributed by atoms with Crippen LogP contribution in [0.3, 0.4) is 0 Å². The molecule has 2 aromatic rings. The number of guanidine groups is 1. The minimum Gasteiger partial charge on any atom is -0.443 e. The lowest BCUT2D eigenvalue weighted by molar-refractivity contribution is 0.379. The number of hydrogen-bond acceptors (Lipinski definition) is 3. The number of nitrogens with zero attached hydrogens (tertiary/aromatic N) is 2. The molecule has 136 valence electrons. The average molecular weight is 454 g/mol. The molecule has 3 rings (SSSR count). The molecule has 1 saturated carbocycles. The number of hydrogen-bond donors (Lipinski definition) is 2. The second-order valence-corrected chi connectivity index (χ2v) is 7.30. The van der Waals surface area contributed by atoms with Crippen LogP contribution in [0.25, 0.3) is 0 Å². The van der Waals surface area contributed by atoms with E-state index in [-0.39, 0.29) is 29.4 Å². The van der Waals surface area contributed by atoms with E-state index in [0.29, 0.717) is 24.4 Å². The lowest BCUT2D eigenvalue weighted by Crippen LogP contribution is -2.38. The van der Waals surface area contributed by atoms with Crippen molar-refractivity contribution in [3.05, 3.63) is 53.7 Å². The van der Waals surface area contributed by atoms with Crippen molar-refractivity contribution >= 4 is 29.9 Å². The molecule has 0 radical (unpaired) electrons. The zero-order valence-electron chi connectivity index (χ0n) is 15.2. The van der Waals surface area contributed by atoms with Crippen molar-refractivity contribution in [1.29, 1.82) is 0 Å². The van der Waals surface area contributed by atoms with Gasteiger partial charge in [-0.25, -0.2) is 4.98 Å². The van der Waals surface area contributed by atoms with E-state index in [1.54, 1.807) is 13.2 Å². The van der Waals surface area contributed by atoms with E-state index in [2.05, 4.69) is 71.7 Å². The Balaban J connectivity index is 0.00000225. The van der Waals surface area contributed by atoms with Crippen LogP contribution in [0, 0.1) is 0 Å². The molecule has 6 heteroatoms. The van der Waals surface area contributed by atoms with E-state index in [1.165, 1.54) is 5.56 Å². The highest BCUT2D eigenvalue weighted by atomic mass is 127. The van der Waals surface area contributed by atoms with Crippen LogP contribution in [-0.2, 0) is 12.0 Å². The maximum Gasteiger partial charge on any atom is 0.213 e. The number of aromatic nitrogens is 1. The summed E-state index contributed by atoms with van der Waals surface area (Å²) in [5.41, 5.74) is 1.36. The summed E-state index contributed by atoms with van der Waals surface area (Å²) in [6.07, 6.45) is 2.94. The van der Waals surface area contributed by atoms with Gasteiger partial charge in [0.15, 0.2) is 5.96 Å². The summed E-state index contributed by atoms with van der Waals surface area (Å²) in [5.74, 6) is 2.93. The number of oxazole rings is 1. The van der Waals surface area contributed by atoms with Gasteiger partial charge in [-0.2, -0.15) is 0 Å². The van der Waals surface area contributed by atoms with Gasteiger partial charge < -0.3 is 15.1 Å². The normalized spacial score (nSPS) is 19.9. The predicted octanol–water partition coefficient (Wildman–Crippen LogP) is 3.81. The van der Waals surface area contributed by atoms with Gasteiger partial charge in [0, 0.05) is 24.4 Å². The van der Waals surface area contributed by atoms with Gasteiger partial charge in [-0.15, -0.1) is 24.0 Å². The van der Waals surface area contributed by atoms with Crippen LogP contribution >= 0.6 is 24.0 Å². The Hall–Kier alpha value is -1.57. The first-order chi connectivity index (χ1) is 11.5. The van der Waals surface area contributed by atoms with Crippen molar-refractivity contribution in [2.75, 3.05) is 7.05 Å². The Morgan fingerprint density at radius 2 is 2.00 bits per heavy atom. The fraction of sp³-hybridized carbons (Fsp3) is 0.474. The molecule has 0 bridgehead atoms. The summed E-state index contributed by atoms with van der Waals surface area (Å²) in [4.78, 5) is 8.63. The lowest BCUT2D eigenvalue weighted by Gasteiger charge is -2.13. The fourth-order valence-electron chi connectivity index (χ4n) is 2.69. The average Bonchev–Trinajstić information content (AvgIpc) is 3.15. The van der Waals surface area contributed by atoms with Crippen LogP contribution in [0.2, 0.25) is 0 Å². The Labute approximate surface area is 166 Å². The van der Waals surface area contributed by atoms with Crippen molar-refractivity contribution in [2.45, 2.75) is 51.1 Å². The van der Waals surface area contributed by atoms with Gasteiger partial charge in [-0.1, -0.05) is 51.1 Å². The smallest absolute Gasteiger partial charge is 0.213 e. The van der Waals surface area contributed by atoms with Crippen molar-refractivity contribution in [3.8, 4) is 0 Å². The molecule has 5 nitrogen and oxygen atoms in total. The van der Waals surface area contributed by atoms with Crippen LogP contribution < -0.4 is 10.6 Å². The summed E-state index contributed by atoms with van der Waals surface area (Å²) >= 11 is 0. The molecule has 0 amide bonds. The number of halogens is 1. The van der Waals surface area contributed by atoms with Crippen molar-refractivity contribution < 1.29 is 4.42 Å². The van der Waals surface area contributed by atoms with E-state index in [4.69, 9.17) is 4.42 Å². The third-order valence-electron chi connectivity index (χ3n) is 4.26. The second kappa shape index (κ2) is 8.21. The standard InChI is InChI=1S/C19H26N4O.HI/c1-19(2,3)16-11-21-17(24-16)12-22-18(20-4)23-15-10-14(15)13-8-6-5-7-9-13;/h5-9,11,14-15H,10,12H2,1-4H3,(H2,20,22,23);1H. The Bertz CT molecular complexity index is 706. The van der Waals surface area contributed by atoms with Gasteiger partial charge >= 0.3 is 0 Å². The van der Waals surface area contributed by atoms with Crippen molar-refractivity contribution in [3.63, 3.8) is 0 Å². The predicted molar refractivity (Wildman–Crippen MR) is 112 cm³/mol. The Morgan fingerprint density at radius 3 is 2.60 bits per heavy atom. The third-order valence-corrected chi connectivity index (χ3v) is 4.26. The molecule has 2 unspecified atom stereocenters. The number of nitrogens with one attached hydrogen (secondary N) is 2. The first kappa shape index (κ1) is 19.8. The summed E-state index contributed by atoms with van der Waals surface area (Å²) in [5, 5.41) is 6.74. The molecule has 0 saturated heterocycles. The fourth-order valence-corrected chi connectivity index (χ4v) is 2.69. The highest BCUT2D eigenvalue weighted by Crippen LogP contribution is 2.40. The molecule has 1 aliphatic rings. The molecule has 25 heavy (non-hydrogen) atoms. The SMILES string of the molecule is CN=C(NCc1ncc(C(C)(C)C)o1)NC1CC1c1ccccc1.I. The third kappa shape index (κ3) is 5.20. The minimum absolute atomic E-state index is 0. The quantitative estimate of drug-likeness (QED) is 0.419. The molecule has 1 aromatic carbocycles. The first-order valence-corrected chi connectivity index (χ1v) is 8.44. The number of benzene rings is 1. The van der Waals surface area contributed by atoms with Crippen molar-refractivity contribution in [1.82, 2.24) is 15.6 Å². The summed E-state index contributed by atoms with van der Waals surface area (Å²) < 4.78 is 5.80. The molecule has 1 heterocycles. The summed E-state index contributed by atoms with van der Waals surface area (Å²) in [6.45, 7) is 6.87. The van der Waals surface area contributed by atoms with Crippen LogP contribution in [-0.4, -0.2) is 24.0 Å². The first-order valence-electron chi connectivity index (χ1n) is 8.44. The van der Waals surface area contributed by atoms with E-state index in [1.807, 2.05) is 0 Å². The van der Waals surface area contributed by atoms with Crippen LogP contribution in [0.15, 0.2) is 45.9 Å². The van der Waals surface area contributed by atoms with Gasteiger partial charge in [-0.05, 0) is 12.0 Å². The Morgan fingerprint density at radius 1 is 1.28 bits per heavy atom. The lowest BCUT2D eigenvalue weighted by atomic mass is 9.94. The minimum atomic E-state index is -0.0257. The number of rotatable bonds is 4. The van der Waals surface area contributed by atoms with E-state index < -0.39 is 0 Å². The molecule has 1 aromatic heterocycles. The molecular weight excluding hydrogens is 427 g/mol. The molecule has 0 aliphatic heterocycles. The maximum absolute atomic E-state index is 5.80. The molecule has 1 aliphatic carbocycles. The van der Waals surface area contributed by atoms with Crippen LogP contribution in [0.5, 0.6) is 0 Å². The second-order valence-electron chi connectivity index (χ2n) is 7.30. The molecule has 2 atom stereocenters. The van der Waals surface area contributed by atoms with Gasteiger partial charge in [0.25, 0.3) is 0 Å². The van der Waals surface area contributed by atoms with Gasteiger partial charge in [0.2, 0.25) is 5.89 Å². The maximum atomic E-state index is 5.80. The highest BCUT2D eigenvalue weighted by molar-refractivity contribution is 14.0. The summed E-state index contributed by atoms with van der Waals surface area (Å²) in [7, 11) is 1.78. The highest BCUT2D eigenvalue weighted by Gasteiger charge is 2.38. The zero-order valence-corrected chi connectivity index (χ0v) is 17.6. The van der Waals surface area contributed by atoms with E-state index in [9.17, 15) is 0 Å². The zero-order chi connectivity index (χ0) is 17.2. The number of aliphatic imine (C=N–C) groups is 1. The molecular formula is C19H27IN4O. The molecule has 2 N–H and O–H groups in total. The largest absolute Gasteiger partial charge is 0.443 e. The Kier molecular flexibility index (Phi) is 6.48. The van der Waals surface area contributed by atoms with E-state index >= 15 is 0 Å². The van der Waals surface area contributed by atoms with Crippen molar-refractivity contribution in [2.24, 2.45) is 4.99 Å².